The lowest BCUT2D eigenvalue weighted by Gasteiger charge is -2.21. The lowest BCUT2D eigenvalue weighted by molar-refractivity contribution is -0.119. The second-order valence-corrected chi connectivity index (χ2v) is 5.54. The van der Waals surface area contributed by atoms with E-state index in [2.05, 4.69) is 29.2 Å². The van der Waals surface area contributed by atoms with Crippen molar-refractivity contribution in [3.05, 3.63) is 41.3 Å². The highest BCUT2D eigenvalue weighted by atomic mass is 16.5. The maximum absolute atomic E-state index is 12.0. The van der Waals surface area contributed by atoms with E-state index < -0.39 is 11.9 Å². The van der Waals surface area contributed by atoms with Crippen molar-refractivity contribution in [2.24, 2.45) is 0 Å². The molecule has 0 bridgehead atoms. The van der Waals surface area contributed by atoms with E-state index in [4.69, 9.17) is 9.26 Å². The van der Waals surface area contributed by atoms with Crippen molar-refractivity contribution >= 4 is 23.3 Å². The molecule has 0 saturated carbocycles. The molecule has 7 nitrogen and oxygen atoms in total. The summed E-state index contributed by atoms with van der Waals surface area (Å²) in [6, 6.07) is 7.53. The van der Waals surface area contributed by atoms with E-state index in [1.54, 1.807) is 13.8 Å². The molecule has 1 aromatic heterocycles. The summed E-state index contributed by atoms with van der Waals surface area (Å²) in [4.78, 5) is 26.1. The van der Waals surface area contributed by atoms with E-state index in [0.717, 1.165) is 18.8 Å². The molecule has 0 unspecified atom stereocenters. The molecule has 0 aliphatic rings. The molecule has 0 saturated heterocycles. The number of benzene rings is 1. The van der Waals surface area contributed by atoms with Crippen molar-refractivity contribution in [1.29, 1.82) is 0 Å². The highest BCUT2D eigenvalue weighted by Gasteiger charge is 2.19. The van der Waals surface area contributed by atoms with Crippen LogP contribution in [0.1, 0.15) is 35.7 Å². The van der Waals surface area contributed by atoms with Crippen LogP contribution in [0.2, 0.25) is 0 Å². The average Bonchev–Trinajstić information content (AvgIpc) is 2.94. The Kier molecular flexibility index (Phi) is 6.16. The summed E-state index contributed by atoms with van der Waals surface area (Å²) in [6.45, 7) is 8.90. The zero-order chi connectivity index (χ0) is 18.4. The zero-order valence-electron chi connectivity index (χ0n) is 15.0. The van der Waals surface area contributed by atoms with E-state index in [1.165, 1.54) is 0 Å². The van der Waals surface area contributed by atoms with Crippen LogP contribution >= 0.6 is 0 Å². The topological polar surface area (TPSA) is 84.7 Å². The van der Waals surface area contributed by atoms with Gasteiger partial charge in [-0.1, -0.05) is 5.16 Å². The highest BCUT2D eigenvalue weighted by Crippen LogP contribution is 2.18. The molecule has 1 heterocycles. The molecule has 7 heteroatoms. The van der Waals surface area contributed by atoms with Crippen LogP contribution in [0.25, 0.3) is 0 Å². The molecule has 1 amide bonds. The standard InChI is InChI=1S/C18H23N3O4/c1-5-21(6-2)15-9-7-14(8-10-15)19-16(22)11-24-18(23)17-12(3)20-25-13(17)4/h7-10H,5-6,11H2,1-4H3,(H,19,22). The van der Waals surface area contributed by atoms with Gasteiger partial charge >= 0.3 is 5.97 Å². The summed E-state index contributed by atoms with van der Waals surface area (Å²) in [5.41, 5.74) is 2.44. The number of hydrogen-bond donors (Lipinski definition) is 1. The normalized spacial score (nSPS) is 10.4. The first-order valence-electron chi connectivity index (χ1n) is 8.21. The molecule has 0 aliphatic carbocycles. The number of carbonyl (C=O) groups is 2. The van der Waals surface area contributed by atoms with Crippen LogP contribution in [0, 0.1) is 13.8 Å². The van der Waals surface area contributed by atoms with Gasteiger partial charge in [0.15, 0.2) is 6.61 Å². The number of carbonyl (C=O) groups excluding carboxylic acids is 2. The maximum atomic E-state index is 12.0. The number of nitrogens with zero attached hydrogens (tertiary/aromatic N) is 2. The molecular formula is C18H23N3O4. The third kappa shape index (κ3) is 4.59. The van der Waals surface area contributed by atoms with Gasteiger partial charge in [-0.15, -0.1) is 0 Å². The SMILES string of the molecule is CCN(CC)c1ccc(NC(=O)COC(=O)c2c(C)noc2C)cc1. The predicted octanol–water partition coefficient (Wildman–Crippen LogP) is 2.93. The van der Waals surface area contributed by atoms with Gasteiger partial charge in [0.25, 0.3) is 5.91 Å². The minimum atomic E-state index is -0.622. The fraction of sp³-hybridized carbons (Fsp3) is 0.389. The molecule has 0 fully saturated rings. The van der Waals surface area contributed by atoms with Crippen LogP contribution in [0.5, 0.6) is 0 Å². The second-order valence-electron chi connectivity index (χ2n) is 5.54. The maximum Gasteiger partial charge on any atom is 0.344 e. The monoisotopic (exact) mass is 345 g/mol. The first-order valence-corrected chi connectivity index (χ1v) is 8.21. The van der Waals surface area contributed by atoms with Gasteiger partial charge in [0, 0.05) is 24.5 Å². The van der Waals surface area contributed by atoms with Crippen molar-refractivity contribution in [3.63, 3.8) is 0 Å². The zero-order valence-corrected chi connectivity index (χ0v) is 15.0. The van der Waals surface area contributed by atoms with E-state index >= 15 is 0 Å². The number of esters is 1. The Morgan fingerprint density at radius 2 is 1.80 bits per heavy atom. The average molecular weight is 345 g/mol. The van der Waals surface area contributed by atoms with Crippen LogP contribution in [-0.2, 0) is 9.53 Å². The van der Waals surface area contributed by atoms with Crippen LogP contribution in [0.3, 0.4) is 0 Å². The van der Waals surface area contributed by atoms with Crippen molar-refractivity contribution in [2.75, 3.05) is 29.9 Å². The third-order valence-electron chi connectivity index (χ3n) is 3.85. The first kappa shape index (κ1) is 18.5. The van der Waals surface area contributed by atoms with Gasteiger partial charge in [-0.25, -0.2) is 4.79 Å². The molecule has 0 radical (unpaired) electrons. The number of ether oxygens (including phenoxy) is 1. The van der Waals surface area contributed by atoms with Crippen LogP contribution in [0.4, 0.5) is 11.4 Å². The third-order valence-corrected chi connectivity index (χ3v) is 3.85. The summed E-state index contributed by atoms with van der Waals surface area (Å²) < 4.78 is 9.93. The summed E-state index contributed by atoms with van der Waals surface area (Å²) in [6.07, 6.45) is 0. The van der Waals surface area contributed by atoms with Crippen molar-refractivity contribution in [3.8, 4) is 0 Å². The van der Waals surface area contributed by atoms with E-state index in [9.17, 15) is 9.59 Å². The summed E-state index contributed by atoms with van der Waals surface area (Å²) in [5, 5.41) is 6.39. The van der Waals surface area contributed by atoms with E-state index in [-0.39, 0.29) is 12.2 Å². The molecule has 0 atom stereocenters. The molecule has 134 valence electrons. The predicted molar refractivity (Wildman–Crippen MR) is 94.9 cm³/mol. The van der Waals surface area contributed by atoms with Gasteiger partial charge in [-0.3, -0.25) is 4.79 Å². The molecule has 2 aromatic rings. The molecule has 0 aliphatic heterocycles. The van der Waals surface area contributed by atoms with Crippen LogP contribution in [-0.4, -0.2) is 36.7 Å². The molecule has 1 aromatic carbocycles. The fourth-order valence-electron chi connectivity index (χ4n) is 2.52. The van der Waals surface area contributed by atoms with Crippen LogP contribution < -0.4 is 10.2 Å². The number of rotatable bonds is 7. The Bertz CT molecular complexity index is 714. The summed E-state index contributed by atoms with van der Waals surface area (Å²) in [7, 11) is 0. The Labute approximate surface area is 146 Å². The van der Waals surface area contributed by atoms with E-state index in [0.29, 0.717) is 17.1 Å². The number of aromatic nitrogens is 1. The number of nitrogens with one attached hydrogen (secondary N) is 1. The molecule has 0 spiro atoms. The van der Waals surface area contributed by atoms with Gasteiger partial charge in [-0.2, -0.15) is 0 Å². The number of amides is 1. The van der Waals surface area contributed by atoms with Gasteiger partial charge in [0.05, 0.1) is 5.69 Å². The Balaban J connectivity index is 1.89. The molecular weight excluding hydrogens is 322 g/mol. The smallest absolute Gasteiger partial charge is 0.344 e. The highest BCUT2D eigenvalue weighted by molar-refractivity contribution is 5.96. The summed E-state index contributed by atoms with van der Waals surface area (Å²) >= 11 is 0. The molecule has 1 N–H and O–H groups in total. The van der Waals surface area contributed by atoms with Gasteiger partial charge < -0.3 is 19.5 Å². The first-order chi connectivity index (χ1) is 12.0. The van der Waals surface area contributed by atoms with Crippen LogP contribution in [0.15, 0.2) is 28.8 Å². The summed E-state index contributed by atoms with van der Waals surface area (Å²) in [5.74, 6) is -0.658. The van der Waals surface area contributed by atoms with Gasteiger partial charge in [0.2, 0.25) is 0 Å². The number of anilines is 2. The largest absolute Gasteiger partial charge is 0.452 e. The molecule has 2 rings (SSSR count). The Morgan fingerprint density at radius 3 is 2.32 bits per heavy atom. The lowest BCUT2D eigenvalue weighted by atomic mass is 10.2. The quantitative estimate of drug-likeness (QED) is 0.777. The van der Waals surface area contributed by atoms with Crippen molar-refractivity contribution < 1.29 is 18.8 Å². The minimum Gasteiger partial charge on any atom is -0.452 e. The van der Waals surface area contributed by atoms with E-state index in [1.807, 2.05) is 24.3 Å². The Hall–Kier alpha value is -2.83. The Morgan fingerprint density at radius 1 is 1.16 bits per heavy atom. The number of aryl methyl sites for hydroxylation is 2. The van der Waals surface area contributed by atoms with Gasteiger partial charge in [0.1, 0.15) is 11.3 Å². The minimum absolute atomic E-state index is 0.261. The lowest BCUT2D eigenvalue weighted by Crippen LogP contribution is -2.22. The fourth-order valence-corrected chi connectivity index (χ4v) is 2.52. The van der Waals surface area contributed by atoms with Gasteiger partial charge in [-0.05, 0) is 52.0 Å². The molecule has 25 heavy (non-hydrogen) atoms. The van der Waals surface area contributed by atoms with Crippen molar-refractivity contribution in [2.45, 2.75) is 27.7 Å². The second kappa shape index (κ2) is 8.32. The van der Waals surface area contributed by atoms with Crippen molar-refractivity contribution in [1.82, 2.24) is 5.16 Å². The number of hydrogen-bond acceptors (Lipinski definition) is 6.